The number of ether oxygens (including phenoxy) is 2. The SMILES string of the molecule is C[C@@H](OC(C)(C)C)[C@H](NC(=O)OC(C)(C)C)C(=O)c1ccc(O[Si](C)(C)C(C)(C)C)cc1. The Kier molecular flexibility index (Phi) is 8.76. The zero-order chi connectivity index (χ0) is 25.1. The number of hydrogen-bond donors (Lipinski definition) is 1. The number of carbonyl (C=O) groups is 2. The van der Waals surface area contributed by atoms with Gasteiger partial charge in [0.25, 0.3) is 0 Å². The number of nitrogens with one attached hydrogen (secondary N) is 1. The van der Waals surface area contributed by atoms with Crippen LogP contribution in [0, 0.1) is 0 Å². The summed E-state index contributed by atoms with van der Waals surface area (Å²) >= 11 is 0. The molecule has 1 amide bonds. The molecule has 0 radical (unpaired) electrons. The molecule has 0 spiro atoms. The van der Waals surface area contributed by atoms with Crippen molar-refractivity contribution in [2.24, 2.45) is 0 Å². The minimum Gasteiger partial charge on any atom is -0.544 e. The van der Waals surface area contributed by atoms with Crippen LogP contribution in [0.5, 0.6) is 5.75 Å². The first kappa shape index (κ1) is 28.2. The van der Waals surface area contributed by atoms with Crippen LogP contribution in [0.3, 0.4) is 0 Å². The average Bonchev–Trinajstić information content (AvgIpc) is 2.55. The monoisotopic (exact) mass is 465 g/mol. The smallest absolute Gasteiger partial charge is 0.408 e. The van der Waals surface area contributed by atoms with E-state index in [1.807, 2.05) is 32.9 Å². The Hall–Kier alpha value is -1.86. The molecule has 1 aromatic rings. The molecule has 0 aromatic heterocycles. The Bertz CT molecular complexity index is 783. The molecule has 0 aliphatic rings. The molecule has 32 heavy (non-hydrogen) atoms. The first-order valence-corrected chi connectivity index (χ1v) is 14.1. The summed E-state index contributed by atoms with van der Waals surface area (Å²) in [6.07, 6.45) is -1.21. The highest BCUT2D eigenvalue weighted by Gasteiger charge is 2.39. The Morgan fingerprint density at radius 3 is 1.78 bits per heavy atom. The van der Waals surface area contributed by atoms with E-state index >= 15 is 0 Å². The Balaban J connectivity index is 3.11. The number of ketones is 1. The van der Waals surface area contributed by atoms with Crippen LogP contribution >= 0.6 is 0 Å². The summed E-state index contributed by atoms with van der Waals surface area (Å²) in [6.45, 7) is 23.7. The molecule has 1 rings (SSSR count). The normalized spacial score (nSPS) is 15.0. The first-order valence-electron chi connectivity index (χ1n) is 11.2. The van der Waals surface area contributed by atoms with Crippen LogP contribution in [0.2, 0.25) is 18.1 Å². The molecular weight excluding hydrogens is 422 g/mol. The molecule has 0 saturated heterocycles. The van der Waals surface area contributed by atoms with Gasteiger partial charge in [-0.3, -0.25) is 4.79 Å². The number of amides is 1. The lowest BCUT2D eigenvalue weighted by atomic mass is 9.99. The summed E-state index contributed by atoms with van der Waals surface area (Å²) in [7, 11) is -1.98. The zero-order valence-electron chi connectivity index (χ0n) is 22.0. The number of carbonyl (C=O) groups excluding carboxylic acids is 2. The van der Waals surface area contributed by atoms with Crippen molar-refractivity contribution < 1.29 is 23.5 Å². The van der Waals surface area contributed by atoms with Crippen molar-refractivity contribution in [1.82, 2.24) is 5.32 Å². The highest BCUT2D eigenvalue weighted by atomic mass is 28.4. The molecule has 0 heterocycles. The van der Waals surface area contributed by atoms with E-state index in [1.165, 1.54) is 0 Å². The zero-order valence-corrected chi connectivity index (χ0v) is 23.0. The maximum atomic E-state index is 13.3. The van der Waals surface area contributed by atoms with Crippen LogP contribution in [-0.2, 0) is 9.47 Å². The van der Waals surface area contributed by atoms with Gasteiger partial charge in [-0.15, -0.1) is 0 Å². The van der Waals surface area contributed by atoms with Gasteiger partial charge in [-0.2, -0.15) is 0 Å². The predicted octanol–water partition coefficient (Wildman–Crippen LogP) is 6.35. The molecule has 0 aliphatic heterocycles. The Labute approximate surface area is 195 Å². The molecule has 7 heteroatoms. The van der Waals surface area contributed by atoms with Crippen LogP contribution in [0.25, 0.3) is 0 Å². The summed E-state index contributed by atoms with van der Waals surface area (Å²) in [4.78, 5) is 25.8. The van der Waals surface area contributed by atoms with E-state index < -0.39 is 37.8 Å². The lowest BCUT2D eigenvalue weighted by molar-refractivity contribution is -0.0621. The number of alkyl carbamates (subject to hydrolysis) is 1. The molecule has 1 N–H and O–H groups in total. The van der Waals surface area contributed by atoms with Crippen LogP contribution in [0.15, 0.2) is 24.3 Å². The second-order valence-corrected chi connectivity index (χ2v) is 16.5. The molecule has 0 saturated carbocycles. The predicted molar refractivity (Wildman–Crippen MR) is 132 cm³/mol. The standard InChI is InChI=1S/C25H43NO5Si/c1-17(29-23(2,3)4)20(26-22(28)30-24(5,6)7)21(27)18-13-15-19(16-14-18)31-32(11,12)25(8,9)10/h13-17,20H,1-12H3,(H,26,28)/t17-,20+/m1/s1. The van der Waals surface area contributed by atoms with Crippen molar-refractivity contribution in [2.75, 3.05) is 0 Å². The van der Waals surface area contributed by atoms with Crippen LogP contribution in [0.4, 0.5) is 4.79 Å². The van der Waals surface area contributed by atoms with Crippen molar-refractivity contribution in [1.29, 1.82) is 0 Å². The Morgan fingerprint density at radius 2 is 1.38 bits per heavy atom. The second kappa shape index (κ2) is 9.95. The molecule has 0 aliphatic carbocycles. The third-order valence-corrected chi connectivity index (χ3v) is 9.64. The minimum atomic E-state index is -1.98. The van der Waals surface area contributed by atoms with Crippen LogP contribution in [-0.4, -0.2) is 43.5 Å². The molecule has 182 valence electrons. The summed E-state index contributed by atoms with van der Waals surface area (Å²) in [6, 6.07) is 6.20. The fraction of sp³-hybridized carbons (Fsp3) is 0.680. The number of hydrogen-bond acceptors (Lipinski definition) is 5. The highest BCUT2D eigenvalue weighted by Crippen LogP contribution is 2.37. The van der Waals surface area contributed by atoms with Crippen molar-refractivity contribution in [2.45, 2.75) is 111 Å². The van der Waals surface area contributed by atoms with Gasteiger partial charge in [0.1, 0.15) is 17.4 Å². The van der Waals surface area contributed by atoms with Gasteiger partial charge in [0.2, 0.25) is 8.32 Å². The molecule has 0 fully saturated rings. The fourth-order valence-corrected chi connectivity index (χ4v) is 3.80. The van der Waals surface area contributed by atoms with Gasteiger partial charge >= 0.3 is 6.09 Å². The quantitative estimate of drug-likeness (QED) is 0.375. The molecule has 1 aromatic carbocycles. The van der Waals surface area contributed by atoms with E-state index in [2.05, 4.69) is 39.2 Å². The minimum absolute atomic E-state index is 0.0731. The van der Waals surface area contributed by atoms with Crippen LogP contribution in [0.1, 0.15) is 79.6 Å². The topological polar surface area (TPSA) is 73.9 Å². The molecular formula is C25H43NO5Si. The van der Waals surface area contributed by atoms with Crippen molar-refractivity contribution in [3.63, 3.8) is 0 Å². The van der Waals surface area contributed by atoms with Crippen molar-refractivity contribution in [3.8, 4) is 5.75 Å². The van der Waals surface area contributed by atoms with E-state index in [1.54, 1.807) is 39.8 Å². The van der Waals surface area contributed by atoms with E-state index in [4.69, 9.17) is 13.9 Å². The third-order valence-electron chi connectivity index (χ3n) is 5.28. The van der Waals surface area contributed by atoms with Crippen molar-refractivity contribution >= 4 is 20.2 Å². The number of Topliss-reactive ketones (excluding diaryl/α,β-unsaturated/α-hetero) is 1. The van der Waals surface area contributed by atoms with Gasteiger partial charge < -0.3 is 19.2 Å². The summed E-state index contributed by atoms with van der Waals surface area (Å²) in [5, 5.41) is 2.78. The Morgan fingerprint density at radius 1 is 0.875 bits per heavy atom. The second-order valence-electron chi connectivity index (χ2n) is 11.8. The van der Waals surface area contributed by atoms with Gasteiger partial charge in [-0.1, -0.05) is 20.8 Å². The molecule has 2 atom stereocenters. The summed E-state index contributed by atoms with van der Waals surface area (Å²) < 4.78 is 17.7. The maximum Gasteiger partial charge on any atom is 0.408 e. The van der Waals surface area contributed by atoms with Gasteiger partial charge in [-0.05, 0) is 90.9 Å². The maximum absolute atomic E-state index is 13.3. The van der Waals surface area contributed by atoms with Gasteiger partial charge in [-0.25, -0.2) is 4.79 Å². The summed E-state index contributed by atoms with van der Waals surface area (Å²) in [5.41, 5.74) is -0.679. The van der Waals surface area contributed by atoms with Gasteiger partial charge in [0.05, 0.1) is 11.7 Å². The number of rotatable bonds is 7. The lowest BCUT2D eigenvalue weighted by Crippen LogP contribution is -2.51. The number of benzene rings is 1. The van der Waals surface area contributed by atoms with E-state index in [-0.39, 0.29) is 10.8 Å². The molecule has 6 nitrogen and oxygen atoms in total. The largest absolute Gasteiger partial charge is 0.544 e. The summed E-state index contributed by atoms with van der Waals surface area (Å²) in [5.74, 6) is 0.496. The molecule has 0 unspecified atom stereocenters. The van der Waals surface area contributed by atoms with Gasteiger partial charge in [0, 0.05) is 5.56 Å². The van der Waals surface area contributed by atoms with Gasteiger partial charge in [0.15, 0.2) is 5.78 Å². The van der Waals surface area contributed by atoms with Crippen LogP contribution < -0.4 is 9.74 Å². The molecule has 0 bridgehead atoms. The van der Waals surface area contributed by atoms with E-state index in [0.29, 0.717) is 5.56 Å². The average molecular weight is 466 g/mol. The highest BCUT2D eigenvalue weighted by molar-refractivity contribution is 6.74. The third kappa shape index (κ3) is 8.94. The first-order chi connectivity index (χ1) is 14.2. The lowest BCUT2D eigenvalue weighted by Gasteiger charge is -2.36. The van der Waals surface area contributed by atoms with E-state index in [9.17, 15) is 9.59 Å². The van der Waals surface area contributed by atoms with E-state index in [0.717, 1.165) is 5.75 Å². The fourth-order valence-electron chi connectivity index (χ4n) is 2.77. The van der Waals surface area contributed by atoms with Crippen molar-refractivity contribution in [3.05, 3.63) is 29.8 Å².